The van der Waals surface area contributed by atoms with E-state index >= 15 is 0 Å². The highest BCUT2D eigenvalue weighted by molar-refractivity contribution is 7.99. The first-order chi connectivity index (χ1) is 12.6. The first-order valence-corrected chi connectivity index (χ1v) is 9.05. The summed E-state index contributed by atoms with van der Waals surface area (Å²) in [6.07, 6.45) is 1.44. The number of aromatic nitrogens is 3. The molecule has 140 valence electrons. The lowest BCUT2D eigenvalue weighted by Gasteiger charge is -2.17. The third-order valence-electron chi connectivity index (χ3n) is 3.51. The number of nitrogens with one attached hydrogen (secondary N) is 2. The number of phenols is 1. The van der Waals surface area contributed by atoms with E-state index in [2.05, 4.69) is 25.7 Å². The molecule has 0 unspecified atom stereocenters. The highest BCUT2D eigenvalue weighted by Gasteiger charge is 2.12. The maximum absolute atomic E-state index is 12.0. The second-order valence-electron chi connectivity index (χ2n) is 5.12. The smallest absolute Gasteiger partial charge is 0.240 e. The highest BCUT2D eigenvalue weighted by Crippen LogP contribution is 2.21. The summed E-state index contributed by atoms with van der Waals surface area (Å²) >= 11 is 1.25. The number of methoxy groups -OCH3 is 1. The number of hydrogen-bond donors (Lipinski definition) is 3. The topological polar surface area (TPSA) is 116 Å². The number of anilines is 1. The number of nitrogens with zero attached hydrogens (tertiary/aromatic N) is 4. The maximum atomic E-state index is 12.0. The van der Waals surface area contributed by atoms with Crippen molar-refractivity contribution < 1.29 is 14.6 Å². The monoisotopic (exact) mass is 378 g/mol. The molecule has 0 saturated heterocycles. The molecule has 0 radical (unpaired) electrons. The summed E-state index contributed by atoms with van der Waals surface area (Å²) in [5.74, 6) is 1.35. The van der Waals surface area contributed by atoms with Crippen molar-refractivity contribution in [1.82, 2.24) is 20.1 Å². The van der Waals surface area contributed by atoms with E-state index in [1.165, 1.54) is 24.0 Å². The van der Waals surface area contributed by atoms with Gasteiger partial charge < -0.3 is 14.7 Å². The van der Waals surface area contributed by atoms with Gasteiger partial charge in [-0.05, 0) is 32.0 Å². The Morgan fingerprint density at radius 1 is 1.46 bits per heavy atom. The van der Waals surface area contributed by atoms with Crippen LogP contribution in [-0.4, -0.2) is 63.3 Å². The molecule has 0 atom stereocenters. The molecule has 1 aromatic heterocycles. The zero-order chi connectivity index (χ0) is 18.9. The number of aromatic hydroxyl groups is 1. The minimum absolute atomic E-state index is 0.0471. The molecule has 1 heterocycles. The Bertz CT molecular complexity index is 760. The van der Waals surface area contributed by atoms with E-state index in [9.17, 15) is 9.90 Å². The number of rotatable bonds is 9. The normalized spacial score (nSPS) is 10.9. The van der Waals surface area contributed by atoms with Crippen LogP contribution in [0.5, 0.6) is 11.5 Å². The van der Waals surface area contributed by atoms with Gasteiger partial charge in [-0.15, -0.1) is 5.10 Å². The summed E-state index contributed by atoms with van der Waals surface area (Å²) in [5, 5.41) is 21.0. The van der Waals surface area contributed by atoms with Gasteiger partial charge >= 0.3 is 0 Å². The number of amides is 1. The molecule has 0 bridgehead atoms. The quantitative estimate of drug-likeness (QED) is 0.347. The second-order valence-corrected chi connectivity index (χ2v) is 6.06. The molecule has 1 aromatic carbocycles. The third kappa shape index (κ3) is 5.38. The Morgan fingerprint density at radius 3 is 2.92 bits per heavy atom. The molecule has 3 N–H and O–H groups in total. The van der Waals surface area contributed by atoms with Gasteiger partial charge in [0.2, 0.25) is 17.0 Å². The molecule has 2 rings (SSSR count). The molecule has 26 heavy (non-hydrogen) atoms. The summed E-state index contributed by atoms with van der Waals surface area (Å²) in [5.41, 5.74) is 3.19. The van der Waals surface area contributed by atoms with Crippen molar-refractivity contribution in [3.63, 3.8) is 0 Å². The van der Waals surface area contributed by atoms with E-state index in [0.29, 0.717) is 35.5 Å². The van der Waals surface area contributed by atoms with Crippen LogP contribution in [0, 0.1) is 0 Å². The predicted octanol–water partition coefficient (Wildman–Crippen LogP) is 1.93. The van der Waals surface area contributed by atoms with Crippen molar-refractivity contribution >= 4 is 29.8 Å². The van der Waals surface area contributed by atoms with Crippen molar-refractivity contribution in [3.8, 4) is 11.5 Å². The van der Waals surface area contributed by atoms with Crippen molar-refractivity contribution in [3.05, 3.63) is 23.8 Å². The van der Waals surface area contributed by atoms with E-state index in [1.807, 2.05) is 13.8 Å². The lowest BCUT2D eigenvalue weighted by Crippen LogP contribution is -2.31. The minimum atomic E-state index is 0.0471. The number of H-pyrrole nitrogens is 1. The van der Waals surface area contributed by atoms with Gasteiger partial charge in [-0.3, -0.25) is 4.79 Å². The van der Waals surface area contributed by atoms with Gasteiger partial charge in [-0.25, -0.2) is 10.5 Å². The van der Waals surface area contributed by atoms with Crippen LogP contribution in [0.1, 0.15) is 19.4 Å². The largest absolute Gasteiger partial charge is 0.507 e. The zero-order valence-corrected chi connectivity index (χ0v) is 15.7. The van der Waals surface area contributed by atoms with E-state index in [1.54, 1.807) is 24.1 Å². The number of thioether (sulfide) groups is 1. The van der Waals surface area contributed by atoms with Crippen molar-refractivity contribution in [1.29, 1.82) is 0 Å². The van der Waals surface area contributed by atoms with Crippen LogP contribution in [0.15, 0.2) is 28.5 Å². The standard InChI is InChI=1S/C16H22N6O3S/c1-4-22(5-2)14(24)10-26-16-18-15(20-21-16)19-17-9-11-8-12(25-3)6-7-13(11)23/h6-9,23H,4-5,10H2,1-3H3,(H2,18,19,20,21)/b17-9+. The van der Waals surface area contributed by atoms with Crippen LogP contribution < -0.4 is 10.2 Å². The SMILES string of the molecule is CCN(CC)C(=O)CSc1n[nH]c(N/N=C/c2cc(OC)ccc2O)n1. The molecule has 0 aliphatic rings. The molecular formula is C16H22N6O3S. The highest BCUT2D eigenvalue weighted by atomic mass is 32.2. The number of phenolic OH excluding ortho intramolecular Hbond substituents is 1. The molecule has 0 aliphatic heterocycles. The molecule has 10 heteroatoms. The third-order valence-corrected chi connectivity index (χ3v) is 4.35. The molecule has 0 spiro atoms. The van der Waals surface area contributed by atoms with Gasteiger partial charge in [0.15, 0.2) is 0 Å². The average molecular weight is 378 g/mol. The van der Waals surface area contributed by atoms with Crippen LogP contribution in [0.4, 0.5) is 5.95 Å². The van der Waals surface area contributed by atoms with Gasteiger partial charge in [0.25, 0.3) is 0 Å². The average Bonchev–Trinajstić information content (AvgIpc) is 3.10. The van der Waals surface area contributed by atoms with E-state index in [4.69, 9.17) is 4.74 Å². The molecule has 2 aromatic rings. The first-order valence-electron chi connectivity index (χ1n) is 8.06. The molecule has 0 saturated carbocycles. The molecule has 0 aliphatic carbocycles. The van der Waals surface area contributed by atoms with E-state index in [0.717, 1.165) is 0 Å². The van der Waals surface area contributed by atoms with E-state index in [-0.39, 0.29) is 17.4 Å². The van der Waals surface area contributed by atoms with Crippen molar-refractivity contribution in [2.45, 2.75) is 19.0 Å². The van der Waals surface area contributed by atoms with Crippen LogP contribution in [-0.2, 0) is 4.79 Å². The summed E-state index contributed by atoms with van der Waals surface area (Å²) in [4.78, 5) is 17.9. The van der Waals surface area contributed by atoms with Crippen LogP contribution >= 0.6 is 11.8 Å². The molecule has 0 fully saturated rings. The first kappa shape index (κ1) is 19.6. The van der Waals surface area contributed by atoms with Gasteiger partial charge in [-0.1, -0.05) is 11.8 Å². The Labute approximate surface area is 155 Å². The number of carbonyl (C=O) groups is 1. The van der Waals surface area contributed by atoms with Crippen molar-refractivity contribution in [2.75, 3.05) is 31.4 Å². The molecule has 9 nitrogen and oxygen atoms in total. The summed E-state index contributed by atoms with van der Waals surface area (Å²) in [7, 11) is 1.55. The number of benzene rings is 1. The Morgan fingerprint density at radius 2 is 2.23 bits per heavy atom. The lowest BCUT2D eigenvalue weighted by atomic mass is 10.2. The lowest BCUT2D eigenvalue weighted by molar-refractivity contribution is -0.127. The summed E-state index contributed by atoms with van der Waals surface area (Å²) < 4.78 is 5.10. The number of hydrazone groups is 1. The summed E-state index contributed by atoms with van der Waals surface area (Å²) in [6.45, 7) is 5.25. The Hall–Kier alpha value is -2.75. The van der Waals surface area contributed by atoms with Gasteiger partial charge in [0, 0.05) is 18.7 Å². The minimum Gasteiger partial charge on any atom is -0.507 e. The van der Waals surface area contributed by atoms with Gasteiger partial charge in [0.05, 0.1) is 19.1 Å². The van der Waals surface area contributed by atoms with E-state index < -0.39 is 0 Å². The summed E-state index contributed by atoms with van der Waals surface area (Å²) in [6, 6.07) is 4.83. The number of carbonyl (C=O) groups excluding carboxylic acids is 1. The van der Waals surface area contributed by atoms with Crippen LogP contribution in [0.25, 0.3) is 0 Å². The van der Waals surface area contributed by atoms with Crippen LogP contribution in [0.3, 0.4) is 0 Å². The van der Waals surface area contributed by atoms with Crippen molar-refractivity contribution in [2.24, 2.45) is 5.10 Å². The van der Waals surface area contributed by atoms with Crippen LogP contribution in [0.2, 0.25) is 0 Å². The van der Waals surface area contributed by atoms with Gasteiger partial charge in [-0.2, -0.15) is 10.1 Å². The molecular weight excluding hydrogens is 356 g/mol. The second kappa shape index (κ2) is 9.66. The fraction of sp³-hybridized carbons (Fsp3) is 0.375. The number of aromatic amines is 1. The number of ether oxygens (including phenoxy) is 1. The Balaban J connectivity index is 1.89. The predicted molar refractivity (Wildman–Crippen MR) is 101 cm³/mol. The Kier molecular flexibility index (Phi) is 7.27. The molecule has 1 amide bonds. The maximum Gasteiger partial charge on any atom is 0.240 e. The zero-order valence-electron chi connectivity index (χ0n) is 14.9. The number of hydrogen-bond acceptors (Lipinski definition) is 8. The van der Waals surface area contributed by atoms with Gasteiger partial charge in [0.1, 0.15) is 11.5 Å². The fourth-order valence-corrected chi connectivity index (χ4v) is 2.78. The fourth-order valence-electron chi connectivity index (χ4n) is 2.08.